The third-order valence-electron chi connectivity index (χ3n) is 3.24. The summed E-state index contributed by atoms with van der Waals surface area (Å²) in [5.41, 5.74) is 1.16. The molecule has 0 saturated heterocycles. The number of anilines is 3. The van der Waals surface area contributed by atoms with Crippen molar-refractivity contribution in [2.24, 2.45) is 0 Å². The molecule has 0 unspecified atom stereocenters. The molecule has 2 aromatic carbocycles. The van der Waals surface area contributed by atoms with Gasteiger partial charge in [0.2, 0.25) is 0 Å². The number of sulfonamides is 1. The summed E-state index contributed by atoms with van der Waals surface area (Å²) in [6, 6.07) is 14.9. The normalized spacial score (nSPS) is 11.1. The predicted octanol–water partition coefficient (Wildman–Crippen LogP) is 4.42. The largest absolute Gasteiger partial charge is 0.354 e. The summed E-state index contributed by atoms with van der Waals surface area (Å²) in [5.74, 6) is -0.190. The molecule has 25 heavy (non-hydrogen) atoms. The quantitative estimate of drug-likeness (QED) is 0.690. The van der Waals surface area contributed by atoms with E-state index in [-0.39, 0.29) is 16.5 Å². The van der Waals surface area contributed by atoms with Gasteiger partial charge in [-0.1, -0.05) is 17.7 Å². The second-order valence-corrected chi connectivity index (χ2v) is 7.25. The lowest BCUT2D eigenvalue weighted by atomic mass is 10.3. The first-order valence-electron chi connectivity index (χ1n) is 7.19. The van der Waals surface area contributed by atoms with Gasteiger partial charge < -0.3 is 5.32 Å². The zero-order chi connectivity index (χ0) is 17.9. The second kappa shape index (κ2) is 7.08. The van der Waals surface area contributed by atoms with Gasteiger partial charge in [0, 0.05) is 10.7 Å². The molecule has 128 valence electrons. The van der Waals surface area contributed by atoms with Crippen molar-refractivity contribution in [3.05, 3.63) is 77.7 Å². The minimum Gasteiger partial charge on any atom is -0.354 e. The summed E-state index contributed by atoms with van der Waals surface area (Å²) in [7, 11) is -3.75. The molecule has 0 atom stereocenters. The first kappa shape index (κ1) is 17.2. The minimum absolute atomic E-state index is 0.0839. The van der Waals surface area contributed by atoms with Crippen LogP contribution in [0.5, 0.6) is 0 Å². The molecule has 0 fully saturated rings. The highest BCUT2D eigenvalue weighted by Gasteiger charge is 2.14. The van der Waals surface area contributed by atoms with Gasteiger partial charge in [-0.3, -0.25) is 4.72 Å². The molecule has 1 aromatic heterocycles. The Kier molecular flexibility index (Phi) is 4.87. The molecule has 3 aromatic rings. The minimum atomic E-state index is -3.75. The average molecular weight is 378 g/mol. The van der Waals surface area contributed by atoms with Crippen LogP contribution in [0.4, 0.5) is 21.6 Å². The van der Waals surface area contributed by atoms with Crippen molar-refractivity contribution in [2.75, 3.05) is 10.0 Å². The van der Waals surface area contributed by atoms with Crippen molar-refractivity contribution in [3.8, 4) is 0 Å². The number of rotatable bonds is 5. The maximum absolute atomic E-state index is 13.2. The van der Waals surface area contributed by atoms with Gasteiger partial charge in [0.1, 0.15) is 11.6 Å². The summed E-state index contributed by atoms with van der Waals surface area (Å²) in [4.78, 5) is 4.14. The van der Waals surface area contributed by atoms with Crippen LogP contribution in [0.3, 0.4) is 0 Å². The topological polar surface area (TPSA) is 71.1 Å². The van der Waals surface area contributed by atoms with Crippen molar-refractivity contribution in [1.29, 1.82) is 0 Å². The van der Waals surface area contributed by atoms with Gasteiger partial charge in [-0.2, -0.15) is 0 Å². The van der Waals surface area contributed by atoms with E-state index in [1.54, 1.807) is 18.2 Å². The number of aromatic nitrogens is 1. The molecule has 0 radical (unpaired) electrons. The lowest BCUT2D eigenvalue weighted by Crippen LogP contribution is -2.13. The van der Waals surface area contributed by atoms with E-state index in [2.05, 4.69) is 15.0 Å². The zero-order valence-electron chi connectivity index (χ0n) is 12.8. The van der Waals surface area contributed by atoms with Gasteiger partial charge in [0.25, 0.3) is 10.0 Å². The van der Waals surface area contributed by atoms with Crippen LogP contribution < -0.4 is 10.0 Å². The van der Waals surface area contributed by atoms with Crippen LogP contribution >= 0.6 is 11.6 Å². The molecule has 0 aliphatic rings. The highest BCUT2D eigenvalue weighted by Crippen LogP contribution is 2.20. The zero-order valence-corrected chi connectivity index (χ0v) is 14.4. The summed E-state index contributed by atoms with van der Waals surface area (Å²) in [5, 5.41) is 3.43. The fourth-order valence-electron chi connectivity index (χ4n) is 2.07. The molecule has 3 rings (SSSR count). The van der Waals surface area contributed by atoms with E-state index >= 15 is 0 Å². The average Bonchev–Trinajstić information content (AvgIpc) is 2.57. The van der Waals surface area contributed by atoms with Crippen LogP contribution in [0.25, 0.3) is 0 Å². The fourth-order valence-corrected chi connectivity index (χ4v) is 3.21. The monoisotopic (exact) mass is 377 g/mol. The molecule has 8 heteroatoms. The van der Waals surface area contributed by atoms with Crippen molar-refractivity contribution < 1.29 is 12.8 Å². The van der Waals surface area contributed by atoms with E-state index in [0.717, 1.165) is 0 Å². The van der Waals surface area contributed by atoms with Crippen LogP contribution in [0.1, 0.15) is 0 Å². The first-order valence-corrected chi connectivity index (χ1v) is 9.05. The smallest absolute Gasteiger partial charge is 0.263 e. The Morgan fingerprint density at radius 2 is 1.72 bits per heavy atom. The lowest BCUT2D eigenvalue weighted by Gasteiger charge is -2.09. The second-order valence-electron chi connectivity index (χ2n) is 5.13. The molecule has 5 nitrogen and oxygen atoms in total. The van der Waals surface area contributed by atoms with E-state index in [1.165, 1.54) is 48.7 Å². The summed E-state index contributed by atoms with van der Waals surface area (Å²) in [6.45, 7) is 0. The Balaban J connectivity index is 1.73. The maximum Gasteiger partial charge on any atom is 0.263 e. The Hall–Kier alpha value is -2.64. The standard InChI is InChI=1S/C17H13ClFN3O2S/c18-12-4-7-16(8-5-12)25(23,24)22-17-9-6-15(11-20-17)21-14-3-1-2-13(19)10-14/h1-11,21H,(H,20,22). The number of hydrogen-bond donors (Lipinski definition) is 2. The number of pyridine rings is 1. The number of benzene rings is 2. The number of halogens is 2. The molecule has 0 amide bonds. The van der Waals surface area contributed by atoms with Gasteiger partial charge in [-0.25, -0.2) is 17.8 Å². The van der Waals surface area contributed by atoms with E-state index in [4.69, 9.17) is 11.6 Å². The third-order valence-corrected chi connectivity index (χ3v) is 4.86. The molecule has 0 saturated carbocycles. The van der Waals surface area contributed by atoms with Crippen LogP contribution in [0.2, 0.25) is 5.02 Å². The SMILES string of the molecule is O=S(=O)(Nc1ccc(Nc2cccc(F)c2)cn1)c1ccc(Cl)cc1. The van der Waals surface area contributed by atoms with Crippen LogP contribution in [-0.4, -0.2) is 13.4 Å². The highest BCUT2D eigenvalue weighted by atomic mass is 35.5. The lowest BCUT2D eigenvalue weighted by molar-refractivity contribution is 0.601. The maximum atomic E-state index is 13.2. The van der Waals surface area contributed by atoms with Crippen LogP contribution in [0.15, 0.2) is 71.8 Å². The third kappa shape index (κ3) is 4.46. The van der Waals surface area contributed by atoms with E-state index in [1.807, 2.05) is 0 Å². The van der Waals surface area contributed by atoms with Gasteiger partial charge in [-0.15, -0.1) is 0 Å². The van der Waals surface area contributed by atoms with Crippen LogP contribution in [-0.2, 0) is 10.0 Å². The molecule has 2 N–H and O–H groups in total. The van der Waals surface area contributed by atoms with Gasteiger partial charge >= 0.3 is 0 Å². The predicted molar refractivity (Wildman–Crippen MR) is 96.2 cm³/mol. The number of nitrogens with one attached hydrogen (secondary N) is 2. The van der Waals surface area contributed by atoms with Gasteiger partial charge in [-0.05, 0) is 54.6 Å². The molecular weight excluding hydrogens is 365 g/mol. The van der Waals surface area contributed by atoms with Gasteiger partial charge in [0.15, 0.2) is 0 Å². The van der Waals surface area contributed by atoms with Crippen molar-refractivity contribution in [3.63, 3.8) is 0 Å². The molecule has 0 aliphatic carbocycles. The Labute approximate surface area is 149 Å². The molecule has 0 spiro atoms. The highest BCUT2D eigenvalue weighted by molar-refractivity contribution is 7.92. The molecule has 0 bridgehead atoms. The summed E-state index contributed by atoms with van der Waals surface area (Å²) in [6.07, 6.45) is 1.45. The number of hydrogen-bond acceptors (Lipinski definition) is 4. The van der Waals surface area contributed by atoms with Crippen molar-refractivity contribution in [2.45, 2.75) is 4.90 Å². The Morgan fingerprint density at radius 3 is 2.36 bits per heavy atom. The van der Waals surface area contributed by atoms with Crippen molar-refractivity contribution >= 4 is 38.8 Å². The first-order chi connectivity index (χ1) is 11.9. The number of nitrogens with zero attached hydrogens (tertiary/aromatic N) is 1. The summed E-state index contributed by atoms with van der Waals surface area (Å²) >= 11 is 5.76. The van der Waals surface area contributed by atoms with Gasteiger partial charge in [0.05, 0.1) is 16.8 Å². The molecule has 0 aliphatic heterocycles. The van der Waals surface area contributed by atoms with Crippen LogP contribution in [0, 0.1) is 5.82 Å². The van der Waals surface area contributed by atoms with E-state index in [0.29, 0.717) is 16.4 Å². The summed E-state index contributed by atoms with van der Waals surface area (Å²) < 4.78 is 40.1. The molecule has 1 heterocycles. The molecular formula is C17H13ClFN3O2S. The van der Waals surface area contributed by atoms with Crippen molar-refractivity contribution in [1.82, 2.24) is 4.98 Å². The Morgan fingerprint density at radius 1 is 0.960 bits per heavy atom. The fraction of sp³-hybridized carbons (Fsp3) is 0. The Bertz CT molecular complexity index is 978. The van der Waals surface area contributed by atoms with E-state index in [9.17, 15) is 12.8 Å². The van der Waals surface area contributed by atoms with E-state index < -0.39 is 10.0 Å².